The van der Waals surface area contributed by atoms with Crippen LogP contribution in [0.4, 0.5) is 11.4 Å². The summed E-state index contributed by atoms with van der Waals surface area (Å²) in [5.41, 5.74) is 1.90. The van der Waals surface area contributed by atoms with Crippen molar-refractivity contribution in [3.8, 4) is 5.75 Å². The van der Waals surface area contributed by atoms with E-state index in [2.05, 4.69) is 10.3 Å². The average molecular weight is 689 g/mol. The molecule has 3 amide bonds. The summed E-state index contributed by atoms with van der Waals surface area (Å²) in [5, 5.41) is 8.67. The van der Waals surface area contributed by atoms with Crippen molar-refractivity contribution in [3.05, 3.63) is 99.0 Å². The summed E-state index contributed by atoms with van der Waals surface area (Å²) in [7, 11) is -3.85. The monoisotopic (exact) mass is 688 g/mol. The van der Waals surface area contributed by atoms with Crippen LogP contribution in [0.3, 0.4) is 0 Å². The van der Waals surface area contributed by atoms with Gasteiger partial charge in [-0.15, -0.1) is 11.8 Å². The molecule has 2 bridgehead atoms. The van der Waals surface area contributed by atoms with Crippen molar-refractivity contribution >= 4 is 62.2 Å². The second kappa shape index (κ2) is 11.2. The van der Waals surface area contributed by atoms with E-state index in [0.29, 0.717) is 17.1 Å². The standard InChI is InChI=1S/C33H28N4O7S3/c34-47(42,43)20-11-9-17(10-12-20)35-23(38)15-44-19-8-4-5-16(13-19)24-25-21-14-22(28(25)45-30-29(24)46-33(41)36-30)27-26(21)31(39)37(32(27)40)18-6-2-1-3-7-18/h1-13,21-22,24-28H,14-15H2,(H,35,38)(H,36,41)(H2,34,42,43)/t21-,22-,24-,25?,26?,27?,28?/m1/s1. The fraction of sp³-hybridized carbons (Fsp3) is 0.273. The van der Waals surface area contributed by atoms with Gasteiger partial charge in [0, 0.05) is 21.7 Å². The SMILES string of the molecule is NS(=O)(=O)c1ccc(NC(=O)COc2cccc([C@H]3c4sc(=O)[nH]c4SC4C3[C@H]3C[C@@H]4C4C(=O)N(c5ccccc5)C(=O)C43)c2)cc1. The maximum absolute atomic E-state index is 13.9. The lowest BCUT2D eigenvalue weighted by atomic mass is 9.68. The Morgan fingerprint density at radius 2 is 1.68 bits per heavy atom. The topological polar surface area (TPSA) is 169 Å². The van der Waals surface area contributed by atoms with Gasteiger partial charge in [0.2, 0.25) is 21.8 Å². The summed E-state index contributed by atoms with van der Waals surface area (Å²) in [4.78, 5) is 58.0. The summed E-state index contributed by atoms with van der Waals surface area (Å²) in [6, 6.07) is 22.0. The largest absolute Gasteiger partial charge is 0.484 e. The Bertz CT molecular complexity index is 2100. The van der Waals surface area contributed by atoms with Crippen LogP contribution in [0.25, 0.3) is 0 Å². The fourth-order valence-corrected chi connectivity index (χ4v) is 11.5. The minimum atomic E-state index is -3.85. The lowest BCUT2D eigenvalue weighted by molar-refractivity contribution is -0.123. The summed E-state index contributed by atoms with van der Waals surface area (Å²) in [6.45, 7) is -0.296. The van der Waals surface area contributed by atoms with E-state index in [1.54, 1.807) is 30.0 Å². The molecule has 4 unspecified atom stereocenters. The first kappa shape index (κ1) is 30.1. The molecule has 4 aromatic rings. The number of aromatic nitrogens is 1. The normalized spacial score (nSPS) is 27.3. The number of nitrogens with one attached hydrogen (secondary N) is 2. The van der Waals surface area contributed by atoms with Crippen LogP contribution < -0.4 is 25.0 Å². The number of amides is 3. The van der Waals surface area contributed by atoms with Crippen molar-refractivity contribution in [3.63, 3.8) is 0 Å². The molecular formula is C33H28N4O7S3. The maximum atomic E-state index is 13.9. The molecule has 7 atom stereocenters. The molecule has 0 spiro atoms. The molecule has 4 N–H and O–H groups in total. The predicted octanol–water partition coefficient (Wildman–Crippen LogP) is 3.78. The summed E-state index contributed by atoms with van der Waals surface area (Å²) >= 11 is 2.81. The third-order valence-corrected chi connectivity index (χ3v) is 13.3. The lowest BCUT2D eigenvalue weighted by Gasteiger charge is -2.43. The number of carbonyl (C=O) groups excluding carboxylic acids is 3. The highest BCUT2D eigenvalue weighted by Gasteiger charge is 2.69. The van der Waals surface area contributed by atoms with Crippen molar-refractivity contribution in [2.45, 2.75) is 27.5 Å². The zero-order chi connectivity index (χ0) is 32.6. The molecule has 11 nitrogen and oxygen atoms in total. The van der Waals surface area contributed by atoms with Crippen LogP contribution in [-0.4, -0.2) is 43.0 Å². The molecule has 2 saturated carbocycles. The second-order valence-corrected chi connectivity index (χ2v) is 16.1. The number of thiazole rings is 1. The fourth-order valence-electron chi connectivity index (χ4n) is 8.09. The third-order valence-electron chi connectivity index (χ3n) is 9.79. The number of benzene rings is 3. The van der Waals surface area contributed by atoms with Gasteiger partial charge in [-0.2, -0.15) is 0 Å². The average Bonchev–Trinajstić information content (AvgIpc) is 3.79. The maximum Gasteiger partial charge on any atom is 0.305 e. The quantitative estimate of drug-likeness (QED) is 0.247. The number of H-pyrrole nitrogens is 1. The summed E-state index contributed by atoms with van der Waals surface area (Å²) in [6.07, 6.45) is 0.780. The van der Waals surface area contributed by atoms with Crippen molar-refractivity contribution in [1.29, 1.82) is 0 Å². The summed E-state index contributed by atoms with van der Waals surface area (Å²) in [5.74, 6) is -1.23. The molecule has 2 aliphatic heterocycles. The highest BCUT2D eigenvalue weighted by Crippen LogP contribution is 2.68. The van der Waals surface area contributed by atoms with E-state index in [4.69, 9.17) is 9.88 Å². The number of hydrogen-bond donors (Lipinski definition) is 3. The van der Waals surface area contributed by atoms with Crippen LogP contribution in [0, 0.1) is 29.6 Å². The van der Waals surface area contributed by atoms with E-state index < -0.39 is 21.8 Å². The van der Waals surface area contributed by atoms with E-state index in [1.165, 1.54) is 40.5 Å². The Kier molecular flexibility index (Phi) is 7.17. The number of anilines is 2. The number of primary sulfonamides is 1. The first-order valence-electron chi connectivity index (χ1n) is 15.1. The van der Waals surface area contributed by atoms with Gasteiger partial charge in [-0.05, 0) is 78.3 Å². The van der Waals surface area contributed by atoms with E-state index in [9.17, 15) is 27.6 Å². The zero-order valence-corrected chi connectivity index (χ0v) is 27.0. The Labute approximate surface area is 277 Å². The minimum absolute atomic E-state index is 0.00590. The van der Waals surface area contributed by atoms with E-state index in [-0.39, 0.29) is 63.0 Å². The number of nitrogens with two attached hydrogens (primary N) is 1. The van der Waals surface area contributed by atoms with E-state index >= 15 is 0 Å². The second-order valence-electron chi connectivity index (χ2n) is 12.3. The molecule has 3 heterocycles. The van der Waals surface area contributed by atoms with Gasteiger partial charge in [0.1, 0.15) is 5.75 Å². The van der Waals surface area contributed by atoms with Gasteiger partial charge < -0.3 is 15.0 Å². The number of thioether (sulfide) groups is 1. The van der Waals surface area contributed by atoms with Gasteiger partial charge in [0.25, 0.3) is 5.91 Å². The zero-order valence-electron chi connectivity index (χ0n) is 24.6. The van der Waals surface area contributed by atoms with Crippen molar-refractivity contribution < 1.29 is 27.5 Å². The van der Waals surface area contributed by atoms with Gasteiger partial charge in [-0.1, -0.05) is 41.7 Å². The molecule has 14 heteroatoms. The smallest absolute Gasteiger partial charge is 0.305 e. The first-order chi connectivity index (χ1) is 22.6. The number of para-hydroxylation sites is 1. The number of rotatable bonds is 7. The molecular weight excluding hydrogens is 661 g/mol. The molecule has 3 fully saturated rings. The number of nitrogens with zero attached hydrogens (tertiary/aromatic N) is 1. The van der Waals surface area contributed by atoms with E-state index in [0.717, 1.165) is 21.9 Å². The Balaban J connectivity index is 1.05. The van der Waals surface area contributed by atoms with Crippen LogP contribution >= 0.6 is 23.1 Å². The molecule has 240 valence electrons. The molecule has 3 aromatic carbocycles. The molecule has 1 aromatic heterocycles. The van der Waals surface area contributed by atoms with Gasteiger partial charge in [0.05, 0.1) is 27.4 Å². The van der Waals surface area contributed by atoms with Gasteiger partial charge in [-0.3, -0.25) is 24.1 Å². The number of imide groups is 1. The van der Waals surface area contributed by atoms with Crippen LogP contribution in [0.5, 0.6) is 5.75 Å². The van der Waals surface area contributed by atoms with Gasteiger partial charge in [-0.25, -0.2) is 13.6 Å². The number of fused-ring (bicyclic) bond motifs is 9. The lowest BCUT2D eigenvalue weighted by Crippen LogP contribution is -2.42. The number of ether oxygens (including phenoxy) is 1. The number of aromatic amines is 1. The third kappa shape index (κ3) is 5.01. The molecule has 47 heavy (non-hydrogen) atoms. The number of carbonyl (C=O) groups is 3. The molecule has 0 radical (unpaired) electrons. The van der Waals surface area contributed by atoms with Crippen molar-refractivity contribution in [2.75, 3.05) is 16.8 Å². The summed E-state index contributed by atoms with van der Waals surface area (Å²) < 4.78 is 28.9. The van der Waals surface area contributed by atoms with Crippen LogP contribution in [-0.2, 0) is 24.4 Å². The Morgan fingerprint density at radius 1 is 0.957 bits per heavy atom. The number of sulfonamides is 1. The minimum Gasteiger partial charge on any atom is -0.484 e. The predicted molar refractivity (Wildman–Crippen MR) is 176 cm³/mol. The molecule has 4 aliphatic rings. The van der Waals surface area contributed by atoms with Crippen LogP contribution in [0.1, 0.15) is 22.8 Å². The van der Waals surface area contributed by atoms with Crippen LogP contribution in [0.2, 0.25) is 0 Å². The highest BCUT2D eigenvalue weighted by atomic mass is 32.2. The van der Waals surface area contributed by atoms with Gasteiger partial charge in [0.15, 0.2) is 6.61 Å². The Morgan fingerprint density at radius 3 is 2.40 bits per heavy atom. The molecule has 1 saturated heterocycles. The Hall–Kier alpha value is -4.24. The number of hydrogen-bond acceptors (Lipinski definition) is 9. The molecule has 8 rings (SSSR count). The van der Waals surface area contributed by atoms with E-state index in [1.807, 2.05) is 36.4 Å². The van der Waals surface area contributed by atoms with Gasteiger partial charge >= 0.3 is 4.87 Å². The highest BCUT2D eigenvalue weighted by molar-refractivity contribution is 8.00. The van der Waals surface area contributed by atoms with Crippen molar-refractivity contribution in [2.24, 2.45) is 34.7 Å². The van der Waals surface area contributed by atoms with Crippen molar-refractivity contribution in [1.82, 2.24) is 4.98 Å². The molecule has 2 aliphatic carbocycles. The van der Waals surface area contributed by atoms with Crippen LogP contribution in [0.15, 0.2) is 93.6 Å². The first-order valence-corrected chi connectivity index (χ1v) is 18.3.